The average molecular weight is 533 g/mol. The summed E-state index contributed by atoms with van der Waals surface area (Å²) in [4.78, 5) is 27.3. The van der Waals surface area contributed by atoms with Gasteiger partial charge in [0.25, 0.3) is 11.8 Å². The Balaban J connectivity index is 1.70. The van der Waals surface area contributed by atoms with Crippen LogP contribution in [0.25, 0.3) is 0 Å². The second-order valence-corrected chi connectivity index (χ2v) is 11.7. The molecule has 0 unspecified atom stereocenters. The average Bonchev–Trinajstić information content (AvgIpc) is 3.69. The second kappa shape index (κ2) is 11.0. The van der Waals surface area contributed by atoms with Crippen molar-refractivity contribution in [2.45, 2.75) is 43.0 Å². The van der Waals surface area contributed by atoms with Gasteiger partial charge in [-0.25, -0.2) is 13.1 Å². The first-order chi connectivity index (χ1) is 17.4. The zero-order valence-corrected chi connectivity index (χ0v) is 21.6. The van der Waals surface area contributed by atoms with E-state index in [0.29, 0.717) is 18.4 Å². The minimum atomic E-state index is -3.98. The predicted octanol–water partition coefficient (Wildman–Crippen LogP) is -0.905. The van der Waals surface area contributed by atoms with Gasteiger partial charge in [0, 0.05) is 32.3 Å². The molecule has 0 saturated heterocycles. The van der Waals surface area contributed by atoms with Gasteiger partial charge in [-0.15, -0.1) is 0 Å². The Morgan fingerprint density at radius 1 is 1.24 bits per heavy atom. The van der Waals surface area contributed by atoms with Crippen LogP contribution in [0.1, 0.15) is 37.3 Å². The van der Waals surface area contributed by atoms with Crippen molar-refractivity contribution >= 4 is 27.5 Å². The van der Waals surface area contributed by atoms with Crippen molar-refractivity contribution in [3.63, 3.8) is 0 Å². The Bertz CT molecular complexity index is 1240. The summed E-state index contributed by atoms with van der Waals surface area (Å²) in [5.41, 5.74) is -0.255. The third-order valence-electron chi connectivity index (χ3n) is 6.68. The number of likely N-dealkylation sites (N-methyl/N-ethyl adjacent to an activating group) is 1. The summed E-state index contributed by atoms with van der Waals surface area (Å²) in [7, 11) is -2.49. The first-order valence-electron chi connectivity index (χ1n) is 11.8. The van der Waals surface area contributed by atoms with Crippen molar-refractivity contribution < 1.29 is 28.2 Å². The summed E-state index contributed by atoms with van der Waals surface area (Å²) in [5.74, 6) is -1.17. The molecule has 0 spiro atoms. The van der Waals surface area contributed by atoms with Crippen molar-refractivity contribution in [1.82, 2.24) is 20.3 Å². The standard InChI is InChI=1S/C24H32N6O6S/c1-23(14-31,15-32)29-37(35,36)24(8-9-24)13-30-10-7-18(20(27-2)22(30)34)19(26)21(33)28-12-17-5-3-16(11-25)4-6-17/h3-6,26-27,29,31-32H,7-10,12-15H2,1-2H3,(H,28,33). The number of hydrogen-bond acceptors (Lipinski definition) is 9. The first-order valence-corrected chi connectivity index (χ1v) is 13.2. The van der Waals surface area contributed by atoms with Gasteiger partial charge in [0.05, 0.1) is 30.4 Å². The molecule has 37 heavy (non-hydrogen) atoms. The lowest BCUT2D eigenvalue weighted by molar-refractivity contribution is -0.128. The first kappa shape index (κ1) is 28.3. The van der Waals surface area contributed by atoms with Crippen LogP contribution in [0.3, 0.4) is 0 Å². The number of hydrogen-bond donors (Lipinski definition) is 6. The third kappa shape index (κ3) is 5.99. The number of aliphatic hydroxyl groups excluding tert-OH is 2. The monoisotopic (exact) mass is 532 g/mol. The van der Waals surface area contributed by atoms with Crippen molar-refractivity contribution in [3.05, 3.63) is 46.7 Å². The smallest absolute Gasteiger partial charge is 0.270 e. The molecule has 2 aliphatic rings. The molecule has 1 saturated carbocycles. The van der Waals surface area contributed by atoms with E-state index < -0.39 is 45.3 Å². The molecule has 0 bridgehead atoms. The van der Waals surface area contributed by atoms with Crippen molar-refractivity contribution in [2.75, 3.05) is 33.4 Å². The predicted molar refractivity (Wildman–Crippen MR) is 135 cm³/mol. The number of nitriles is 1. The number of carbonyl (C=O) groups excluding carboxylic acids is 2. The molecule has 1 heterocycles. The van der Waals surface area contributed by atoms with Crippen LogP contribution in [-0.4, -0.2) is 84.7 Å². The Morgan fingerprint density at radius 2 is 1.86 bits per heavy atom. The largest absolute Gasteiger partial charge is 0.394 e. The lowest BCUT2D eigenvalue weighted by atomic mass is 9.98. The van der Waals surface area contributed by atoms with Crippen LogP contribution >= 0.6 is 0 Å². The summed E-state index contributed by atoms with van der Waals surface area (Å²) >= 11 is 0. The summed E-state index contributed by atoms with van der Waals surface area (Å²) in [5, 5.41) is 41.6. The van der Waals surface area contributed by atoms with Crippen LogP contribution < -0.4 is 15.4 Å². The van der Waals surface area contributed by atoms with Crippen LogP contribution in [0, 0.1) is 16.7 Å². The number of carbonyl (C=O) groups is 2. The minimum absolute atomic E-state index is 0.0569. The van der Waals surface area contributed by atoms with Crippen LogP contribution in [-0.2, 0) is 26.2 Å². The van der Waals surface area contributed by atoms with Crippen LogP contribution in [0.2, 0.25) is 0 Å². The SMILES string of the molecule is CNC1=C(C(=N)C(=O)NCc2ccc(C#N)cc2)CCN(CC2(S(=O)(=O)NC(C)(CO)CO)CC2)C1=O. The molecule has 1 aliphatic heterocycles. The quantitative estimate of drug-likeness (QED) is 0.186. The molecule has 200 valence electrons. The Hall–Kier alpha value is -3.31. The van der Waals surface area contributed by atoms with Gasteiger partial charge in [-0.2, -0.15) is 5.26 Å². The van der Waals surface area contributed by atoms with Gasteiger partial charge >= 0.3 is 0 Å². The van der Waals surface area contributed by atoms with Crippen molar-refractivity contribution in [1.29, 1.82) is 10.7 Å². The zero-order valence-electron chi connectivity index (χ0n) is 20.8. The van der Waals surface area contributed by atoms with E-state index in [9.17, 15) is 28.2 Å². The molecule has 3 rings (SSSR count). The lowest BCUT2D eigenvalue weighted by Gasteiger charge is -2.34. The fraction of sp³-hybridized carbons (Fsp3) is 0.500. The molecule has 2 amide bonds. The molecule has 0 atom stereocenters. The summed E-state index contributed by atoms with van der Waals surface area (Å²) in [6, 6.07) is 8.66. The summed E-state index contributed by atoms with van der Waals surface area (Å²) in [6.45, 7) is 0.380. The molecular weight excluding hydrogens is 500 g/mol. The molecule has 0 aromatic heterocycles. The maximum atomic E-state index is 13.2. The highest BCUT2D eigenvalue weighted by Gasteiger charge is 2.57. The maximum absolute atomic E-state index is 13.2. The zero-order chi connectivity index (χ0) is 27.4. The van der Waals surface area contributed by atoms with Gasteiger partial charge in [0.15, 0.2) is 0 Å². The van der Waals surface area contributed by atoms with Crippen LogP contribution in [0.15, 0.2) is 35.5 Å². The topological polar surface area (TPSA) is 196 Å². The van der Waals surface area contributed by atoms with Crippen LogP contribution in [0.4, 0.5) is 0 Å². The van der Waals surface area contributed by atoms with Crippen LogP contribution in [0.5, 0.6) is 0 Å². The normalized spacial score (nSPS) is 17.3. The van der Waals surface area contributed by atoms with E-state index in [4.69, 9.17) is 10.7 Å². The molecule has 12 nitrogen and oxygen atoms in total. The van der Waals surface area contributed by atoms with E-state index in [2.05, 4.69) is 15.4 Å². The van der Waals surface area contributed by atoms with E-state index in [1.807, 2.05) is 6.07 Å². The van der Waals surface area contributed by atoms with Crippen molar-refractivity contribution in [3.8, 4) is 6.07 Å². The molecule has 6 N–H and O–H groups in total. The second-order valence-electron chi connectivity index (χ2n) is 9.61. The van der Waals surface area contributed by atoms with Gasteiger partial charge in [-0.3, -0.25) is 15.0 Å². The maximum Gasteiger partial charge on any atom is 0.270 e. The molecule has 1 aromatic carbocycles. The van der Waals surface area contributed by atoms with E-state index in [0.717, 1.165) is 5.56 Å². The highest BCUT2D eigenvalue weighted by Crippen LogP contribution is 2.44. The third-order valence-corrected chi connectivity index (χ3v) is 9.12. The Morgan fingerprint density at radius 3 is 2.38 bits per heavy atom. The van der Waals surface area contributed by atoms with E-state index in [-0.39, 0.29) is 43.0 Å². The Kier molecular flexibility index (Phi) is 8.38. The van der Waals surface area contributed by atoms with Gasteiger partial charge in [-0.05, 0) is 43.9 Å². The number of benzene rings is 1. The number of amides is 2. The Labute approximate surface area is 215 Å². The van der Waals surface area contributed by atoms with E-state index in [1.54, 1.807) is 24.3 Å². The van der Waals surface area contributed by atoms with E-state index >= 15 is 0 Å². The fourth-order valence-corrected chi connectivity index (χ4v) is 6.03. The minimum Gasteiger partial charge on any atom is -0.394 e. The van der Waals surface area contributed by atoms with E-state index in [1.165, 1.54) is 18.9 Å². The number of nitrogens with zero attached hydrogens (tertiary/aromatic N) is 2. The molecule has 13 heteroatoms. The van der Waals surface area contributed by atoms with Crippen molar-refractivity contribution in [2.24, 2.45) is 0 Å². The molecule has 0 radical (unpaired) electrons. The highest BCUT2D eigenvalue weighted by molar-refractivity contribution is 7.91. The highest BCUT2D eigenvalue weighted by atomic mass is 32.2. The number of nitrogens with one attached hydrogen (secondary N) is 4. The van der Waals surface area contributed by atoms with Gasteiger partial charge in [0.2, 0.25) is 10.0 Å². The summed E-state index contributed by atoms with van der Waals surface area (Å²) in [6.07, 6.45) is 0.815. The number of aliphatic hydroxyl groups is 2. The molecular formula is C24H32N6O6S. The van der Waals surface area contributed by atoms with Gasteiger partial charge in [-0.1, -0.05) is 12.1 Å². The van der Waals surface area contributed by atoms with Gasteiger partial charge < -0.3 is 25.7 Å². The van der Waals surface area contributed by atoms with Gasteiger partial charge in [0.1, 0.15) is 16.2 Å². The fourth-order valence-electron chi connectivity index (χ4n) is 4.07. The lowest BCUT2D eigenvalue weighted by Crippen LogP contribution is -2.57. The molecule has 1 aromatic rings. The number of rotatable bonds is 12. The molecule has 1 fully saturated rings. The molecule has 1 aliphatic carbocycles. The number of sulfonamides is 1. The summed E-state index contributed by atoms with van der Waals surface area (Å²) < 4.78 is 27.3.